The highest BCUT2D eigenvalue weighted by Gasteiger charge is 2.28. The Hall–Kier alpha value is -1.61. The first-order chi connectivity index (χ1) is 9.29. The average Bonchev–Trinajstić information content (AvgIpc) is 3.26. The van der Waals surface area contributed by atoms with E-state index in [4.69, 9.17) is 5.73 Å². The Labute approximate surface area is 114 Å². The first-order valence-corrected chi connectivity index (χ1v) is 7.15. The van der Waals surface area contributed by atoms with Gasteiger partial charge < -0.3 is 5.73 Å². The Kier molecular flexibility index (Phi) is 3.38. The largest absolute Gasteiger partial charge is 0.398 e. The second kappa shape index (κ2) is 5.17. The van der Waals surface area contributed by atoms with E-state index in [1.807, 2.05) is 18.3 Å². The molecular formula is C16H21N3. The first-order valence-electron chi connectivity index (χ1n) is 7.15. The highest BCUT2D eigenvalue weighted by atomic mass is 15.2. The molecule has 3 heteroatoms. The molecule has 19 heavy (non-hydrogen) atoms. The molecule has 100 valence electrons. The van der Waals surface area contributed by atoms with Crippen LogP contribution in [0, 0.1) is 0 Å². The predicted octanol–water partition coefficient (Wildman–Crippen LogP) is 3.19. The summed E-state index contributed by atoms with van der Waals surface area (Å²) in [6, 6.07) is 8.94. The lowest BCUT2D eigenvalue weighted by Gasteiger charge is -2.22. The molecule has 3 nitrogen and oxygen atoms in total. The topological polar surface area (TPSA) is 42.1 Å². The van der Waals surface area contributed by atoms with Crippen molar-refractivity contribution >= 4 is 16.6 Å². The number of nitrogens with zero attached hydrogens (tertiary/aromatic N) is 2. The standard InChI is InChI=1S/C16H21N3/c1-2-10-19(13-6-7-13)11-12-5-8-15(17)14-4-3-9-18-16(12)14/h3-5,8-9,13H,2,6-7,10-11,17H2,1H3. The molecule has 0 aliphatic heterocycles. The molecule has 0 amide bonds. The molecule has 1 aliphatic rings. The maximum Gasteiger partial charge on any atom is 0.0767 e. The highest BCUT2D eigenvalue weighted by molar-refractivity contribution is 5.92. The molecule has 0 radical (unpaired) electrons. The summed E-state index contributed by atoms with van der Waals surface area (Å²) in [5.74, 6) is 0. The molecule has 0 bridgehead atoms. The zero-order valence-corrected chi connectivity index (χ0v) is 11.5. The fourth-order valence-electron chi connectivity index (χ4n) is 2.72. The van der Waals surface area contributed by atoms with E-state index in [1.54, 1.807) is 0 Å². The van der Waals surface area contributed by atoms with Crippen molar-refractivity contribution in [2.45, 2.75) is 38.8 Å². The maximum atomic E-state index is 6.03. The van der Waals surface area contributed by atoms with Crippen LogP contribution in [0.1, 0.15) is 31.7 Å². The van der Waals surface area contributed by atoms with E-state index < -0.39 is 0 Å². The van der Waals surface area contributed by atoms with Crippen molar-refractivity contribution in [3.05, 3.63) is 36.0 Å². The number of anilines is 1. The molecular weight excluding hydrogens is 234 g/mol. The van der Waals surface area contributed by atoms with Crippen LogP contribution in [0.4, 0.5) is 5.69 Å². The van der Waals surface area contributed by atoms with Gasteiger partial charge >= 0.3 is 0 Å². The summed E-state index contributed by atoms with van der Waals surface area (Å²) in [6.07, 6.45) is 5.75. The van der Waals surface area contributed by atoms with Crippen LogP contribution in [-0.2, 0) is 6.54 Å². The van der Waals surface area contributed by atoms with E-state index in [-0.39, 0.29) is 0 Å². The van der Waals surface area contributed by atoms with Crippen LogP contribution in [-0.4, -0.2) is 22.5 Å². The van der Waals surface area contributed by atoms with Crippen molar-refractivity contribution in [1.82, 2.24) is 9.88 Å². The van der Waals surface area contributed by atoms with Crippen molar-refractivity contribution in [3.8, 4) is 0 Å². The molecule has 1 aromatic carbocycles. The molecule has 1 fully saturated rings. The summed E-state index contributed by atoms with van der Waals surface area (Å²) < 4.78 is 0. The van der Waals surface area contributed by atoms with Gasteiger partial charge in [-0.2, -0.15) is 0 Å². The Morgan fingerprint density at radius 2 is 2.16 bits per heavy atom. The van der Waals surface area contributed by atoms with Crippen LogP contribution in [0.15, 0.2) is 30.5 Å². The van der Waals surface area contributed by atoms with Crippen molar-refractivity contribution in [2.75, 3.05) is 12.3 Å². The number of hydrogen-bond donors (Lipinski definition) is 1. The summed E-state index contributed by atoms with van der Waals surface area (Å²) in [7, 11) is 0. The van der Waals surface area contributed by atoms with Gasteiger partial charge in [0.1, 0.15) is 0 Å². The van der Waals surface area contributed by atoms with Crippen LogP contribution >= 0.6 is 0 Å². The van der Waals surface area contributed by atoms with Gasteiger partial charge in [-0.3, -0.25) is 9.88 Å². The van der Waals surface area contributed by atoms with Gasteiger partial charge in [-0.15, -0.1) is 0 Å². The fraction of sp³-hybridized carbons (Fsp3) is 0.438. The molecule has 0 saturated heterocycles. The molecule has 0 unspecified atom stereocenters. The van der Waals surface area contributed by atoms with Gasteiger partial charge in [0.25, 0.3) is 0 Å². The van der Waals surface area contributed by atoms with Gasteiger partial charge in [0.05, 0.1) is 5.52 Å². The monoisotopic (exact) mass is 255 g/mol. The molecule has 1 heterocycles. The quantitative estimate of drug-likeness (QED) is 0.834. The number of fused-ring (bicyclic) bond motifs is 1. The number of pyridine rings is 1. The zero-order chi connectivity index (χ0) is 13.2. The Balaban J connectivity index is 1.93. The number of rotatable bonds is 5. The van der Waals surface area contributed by atoms with Crippen molar-refractivity contribution in [1.29, 1.82) is 0 Å². The minimum atomic E-state index is 0.788. The summed E-state index contributed by atoms with van der Waals surface area (Å²) in [6.45, 7) is 4.41. The van der Waals surface area contributed by atoms with Gasteiger partial charge in [-0.25, -0.2) is 0 Å². The lowest BCUT2D eigenvalue weighted by atomic mass is 10.1. The summed E-state index contributed by atoms with van der Waals surface area (Å²) in [5.41, 5.74) is 9.21. The lowest BCUT2D eigenvalue weighted by Crippen LogP contribution is -2.26. The smallest absolute Gasteiger partial charge is 0.0767 e. The summed E-state index contributed by atoms with van der Waals surface area (Å²) >= 11 is 0. The third-order valence-electron chi connectivity index (χ3n) is 3.83. The Morgan fingerprint density at radius 1 is 1.32 bits per heavy atom. The van der Waals surface area contributed by atoms with Crippen molar-refractivity contribution < 1.29 is 0 Å². The lowest BCUT2D eigenvalue weighted by molar-refractivity contribution is 0.256. The van der Waals surface area contributed by atoms with Gasteiger partial charge in [0.15, 0.2) is 0 Å². The van der Waals surface area contributed by atoms with Gasteiger partial charge in [-0.05, 0) is 49.6 Å². The normalized spacial score (nSPS) is 15.3. The van der Waals surface area contributed by atoms with Crippen molar-refractivity contribution in [2.24, 2.45) is 0 Å². The summed E-state index contributed by atoms with van der Waals surface area (Å²) in [5, 5.41) is 1.08. The van der Waals surface area contributed by atoms with E-state index in [1.165, 1.54) is 31.4 Å². The minimum Gasteiger partial charge on any atom is -0.398 e. The molecule has 1 aromatic heterocycles. The van der Waals surface area contributed by atoms with E-state index in [0.29, 0.717) is 0 Å². The number of nitrogen functional groups attached to an aromatic ring is 1. The van der Waals surface area contributed by atoms with Gasteiger partial charge in [0, 0.05) is 29.9 Å². The molecule has 3 rings (SSSR count). The number of hydrogen-bond acceptors (Lipinski definition) is 3. The Bertz CT molecular complexity index is 575. The average molecular weight is 255 g/mol. The van der Waals surface area contributed by atoms with Crippen LogP contribution < -0.4 is 5.73 Å². The van der Waals surface area contributed by atoms with Crippen LogP contribution in [0.5, 0.6) is 0 Å². The predicted molar refractivity (Wildman–Crippen MR) is 79.9 cm³/mol. The number of nitrogens with two attached hydrogens (primary N) is 1. The van der Waals surface area contributed by atoms with Crippen LogP contribution in [0.2, 0.25) is 0 Å². The maximum absolute atomic E-state index is 6.03. The first kappa shape index (κ1) is 12.4. The van der Waals surface area contributed by atoms with E-state index in [2.05, 4.69) is 28.9 Å². The molecule has 2 aromatic rings. The second-order valence-electron chi connectivity index (χ2n) is 5.42. The molecule has 1 saturated carbocycles. The molecule has 0 atom stereocenters. The summed E-state index contributed by atoms with van der Waals surface area (Å²) in [4.78, 5) is 7.11. The van der Waals surface area contributed by atoms with Crippen LogP contribution in [0.3, 0.4) is 0 Å². The zero-order valence-electron chi connectivity index (χ0n) is 11.5. The van der Waals surface area contributed by atoms with Gasteiger partial charge in [-0.1, -0.05) is 13.0 Å². The van der Waals surface area contributed by atoms with E-state index >= 15 is 0 Å². The van der Waals surface area contributed by atoms with Gasteiger partial charge in [0.2, 0.25) is 0 Å². The minimum absolute atomic E-state index is 0.788. The molecule has 1 aliphatic carbocycles. The van der Waals surface area contributed by atoms with Crippen LogP contribution in [0.25, 0.3) is 10.9 Å². The van der Waals surface area contributed by atoms with E-state index in [9.17, 15) is 0 Å². The number of aromatic nitrogens is 1. The fourth-order valence-corrected chi connectivity index (χ4v) is 2.72. The molecule has 2 N–H and O–H groups in total. The third-order valence-corrected chi connectivity index (χ3v) is 3.83. The number of benzene rings is 1. The van der Waals surface area contributed by atoms with Crippen molar-refractivity contribution in [3.63, 3.8) is 0 Å². The van der Waals surface area contributed by atoms with E-state index in [0.717, 1.165) is 29.2 Å². The third kappa shape index (κ3) is 2.56. The highest BCUT2D eigenvalue weighted by Crippen LogP contribution is 2.30. The Morgan fingerprint density at radius 3 is 2.89 bits per heavy atom. The SMILES string of the molecule is CCCN(Cc1ccc(N)c2cccnc12)C1CC1. The molecule has 0 spiro atoms. The second-order valence-corrected chi connectivity index (χ2v) is 5.42.